The number of nitrogens with one attached hydrogen (secondary N) is 1. The summed E-state index contributed by atoms with van der Waals surface area (Å²) < 4.78 is 13.1. The van der Waals surface area contributed by atoms with Crippen molar-refractivity contribution < 1.29 is 9.47 Å². The van der Waals surface area contributed by atoms with Crippen molar-refractivity contribution in [1.82, 2.24) is 30.1 Å². The van der Waals surface area contributed by atoms with Crippen molar-refractivity contribution in [2.45, 2.75) is 77.5 Å². The van der Waals surface area contributed by atoms with E-state index in [9.17, 15) is 4.79 Å². The quantitative estimate of drug-likeness (QED) is 0.345. The molecular weight excluding hydrogens is 480 g/mol. The third-order valence-electron chi connectivity index (χ3n) is 7.86. The Labute approximate surface area is 221 Å². The molecule has 0 bridgehead atoms. The average Bonchev–Trinajstić information content (AvgIpc) is 3.60. The highest BCUT2D eigenvalue weighted by Gasteiger charge is 2.29. The Bertz CT molecular complexity index is 1470. The number of pyridine rings is 1. The van der Waals surface area contributed by atoms with Crippen molar-refractivity contribution in [3.8, 4) is 11.5 Å². The molecule has 1 unspecified atom stereocenters. The predicted octanol–water partition coefficient (Wildman–Crippen LogP) is 5.21. The van der Waals surface area contributed by atoms with Gasteiger partial charge in [-0.05, 0) is 54.3 Å². The predicted molar refractivity (Wildman–Crippen MR) is 144 cm³/mol. The fraction of sp³-hybridized carbons (Fsp3) is 0.448. The second-order valence-electron chi connectivity index (χ2n) is 10.5. The molecule has 2 aromatic carbocycles. The van der Waals surface area contributed by atoms with Gasteiger partial charge in [0.1, 0.15) is 0 Å². The molecule has 1 N–H and O–H groups in total. The van der Waals surface area contributed by atoms with Gasteiger partial charge in [-0.3, -0.25) is 9.69 Å². The molecule has 0 radical (unpaired) electrons. The summed E-state index contributed by atoms with van der Waals surface area (Å²) in [6.07, 6.45) is 6.72. The topological polar surface area (TPSA) is 98.2 Å². The van der Waals surface area contributed by atoms with Gasteiger partial charge in [0, 0.05) is 30.1 Å². The summed E-state index contributed by atoms with van der Waals surface area (Å²) in [6.45, 7) is 5.59. The Balaban J connectivity index is 1.37. The molecule has 0 spiro atoms. The van der Waals surface area contributed by atoms with Crippen LogP contribution in [0.5, 0.6) is 11.5 Å². The number of fused-ring (bicyclic) bond motifs is 2. The molecule has 1 aliphatic carbocycles. The smallest absolute Gasteiger partial charge is 0.252 e. The second kappa shape index (κ2) is 10.6. The third kappa shape index (κ3) is 4.90. The van der Waals surface area contributed by atoms with Crippen LogP contribution in [0.3, 0.4) is 0 Å². The number of ether oxygens (including phenoxy) is 2. The summed E-state index contributed by atoms with van der Waals surface area (Å²) in [4.78, 5) is 18.7. The Hall–Kier alpha value is -3.72. The summed E-state index contributed by atoms with van der Waals surface area (Å²) in [6, 6.07) is 14.6. The van der Waals surface area contributed by atoms with Crippen molar-refractivity contribution in [3.63, 3.8) is 0 Å². The first-order valence-corrected chi connectivity index (χ1v) is 13.6. The van der Waals surface area contributed by atoms with E-state index in [0.29, 0.717) is 36.2 Å². The van der Waals surface area contributed by atoms with Gasteiger partial charge < -0.3 is 14.5 Å². The van der Waals surface area contributed by atoms with Crippen LogP contribution < -0.4 is 15.0 Å². The van der Waals surface area contributed by atoms with Crippen LogP contribution in [-0.4, -0.2) is 36.9 Å². The molecule has 4 aromatic rings. The number of aryl methyl sites for hydroxylation is 1. The number of benzene rings is 2. The van der Waals surface area contributed by atoms with Crippen LogP contribution in [0.1, 0.15) is 80.0 Å². The van der Waals surface area contributed by atoms with Crippen molar-refractivity contribution in [3.05, 3.63) is 75.3 Å². The molecule has 3 heterocycles. The maximum Gasteiger partial charge on any atom is 0.252 e. The van der Waals surface area contributed by atoms with Crippen molar-refractivity contribution >= 4 is 10.9 Å². The molecule has 2 aromatic heterocycles. The number of tetrazole rings is 1. The lowest BCUT2D eigenvalue weighted by Gasteiger charge is -2.32. The van der Waals surface area contributed by atoms with Crippen molar-refractivity contribution in [2.75, 3.05) is 6.79 Å². The van der Waals surface area contributed by atoms with Gasteiger partial charge in [-0.15, -0.1) is 5.10 Å². The standard InChI is InChI=1S/C29H34N6O3/c1-3-25(28-31-32-33-35(28)23-7-5-4-6-8-23)34(16-20-11-9-19(2)10-12-20)17-22-13-21-14-26-27(38-18-37-26)15-24(21)30-29(22)36/h9-15,23,25H,3-8,16-18H2,1-2H3,(H,30,36). The van der Waals surface area contributed by atoms with Crippen molar-refractivity contribution in [2.24, 2.45) is 0 Å². The number of hydrogen-bond donors (Lipinski definition) is 1. The first-order chi connectivity index (χ1) is 18.6. The Morgan fingerprint density at radius 2 is 1.82 bits per heavy atom. The molecular formula is C29H34N6O3. The summed E-state index contributed by atoms with van der Waals surface area (Å²) in [5.41, 5.74) is 3.73. The molecule has 1 fully saturated rings. The molecule has 1 atom stereocenters. The minimum atomic E-state index is -0.105. The van der Waals surface area contributed by atoms with E-state index in [0.717, 1.165) is 36.0 Å². The molecule has 1 saturated carbocycles. The minimum absolute atomic E-state index is 0.0416. The Morgan fingerprint density at radius 1 is 1.05 bits per heavy atom. The zero-order chi connectivity index (χ0) is 26.1. The lowest BCUT2D eigenvalue weighted by atomic mass is 9.95. The summed E-state index contributed by atoms with van der Waals surface area (Å²) >= 11 is 0. The third-order valence-corrected chi connectivity index (χ3v) is 7.86. The fourth-order valence-electron chi connectivity index (χ4n) is 5.79. The normalized spacial score (nSPS) is 16.4. The lowest BCUT2D eigenvalue weighted by Crippen LogP contribution is -2.33. The highest BCUT2D eigenvalue weighted by Crippen LogP contribution is 2.36. The van der Waals surface area contributed by atoms with Crippen LogP contribution in [0, 0.1) is 6.92 Å². The van der Waals surface area contributed by atoms with Gasteiger partial charge in [0.25, 0.3) is 5.56 Å². The summed E-state index contributed by atoms with van der Waals surface area (Å²) in [7, 11) is 0. The Morgan fingerprint density at radius 3 is 2.58 bits per heavy atom. The number of aromatic amines is 1. The molecule has 9 heteroatoms. The van der Waals surface area contributed by atoms with E-state index in [-0.39, 0.29) is 18.4 Å². The first-order valence-electron chi connectivity index (χ1n) is 13.6. The van der Waals surface area contributed by atoms with Gasteiger partial charge in [-0.1, -0.05) is 56.0 Å². The number of aromatic nitrogens is 5. The summed E-state index contributed by atoms with van der Waals surface area (Å²) in [5, 5.41) is 14.0. The van der Waals surface area contributed by atoms with Crippen LogP contribution in [-0.2, 0) is 13.1 Å². The molecule has 1 aliphatic heterocycles. The van der Waals surface area contributed by atoms with Crippen LogP contribution in [0.2, 0.25) is 0 Å². The average molecular weight is 515 g/mol. The van der Waals surface area contributed by atoms with Crippen LogP contribution in [0.15, 0.2) is 47.3 Å². The highest BCUT2D eigenvalue weighted by atomic mass is 16.7. The Kier molecular flexibility index (Phi) is 6.84. The van der Waals surface area contributed by atoms with Gasteiger partial charge in [-0.2, -0.15) is 0 Å². The number of H-pyrrole nitrogens is 1. The molecule has 6 rings (SSSR count). The zero-order valence-corrected chi connectivity index (χ0v) is 22.0. The lowest BCUT2D eigenvalue weighted by molar-refractivity contribution is 0.155. The zero-order valence-electron chi connectivity index (χ0n) is 22.0. The maximum atomic E-state index is 13.3. The van der Waals surface area contributed by atoms with E-state index < -0.39 is 0 Å². The molecule has 9 nitrogen and oxygen atoms in total. The number of rotatable bonds is 8. The first kappa shape index (κ1) is 24.6. The second-order valence-corrected chi connectivity index (χ2v) is 10.5. The maximum absolute atomic E-state index is 13.3. The molecule has 38 heavy (non-hydrogen) atoms. The van der Waals surface area contributed by atoms with Gasteiger partial charge in [0.2, 0.25) is 6.79 Å². The van der Waals surface area contributed by atoms with Gasteiger partial charge >= 0.3 is 0 Å². The van der Waals surface area contributed by atoms with E-state index in [1.54, 1.807) is 0 Å². The van der Waals surface area contributed by atoms with E-state index >= 15 is 0 Å². The number of nitrogens with zero attached hydrogens (tertiary/aromatic N) is 5. The minimum Gasteiger partial charge on any atom is -0.454 e. The van der Waals surface area contributed by atoms with E-state index in [1.807, 2.05) is 18.2 Å². The van der Waals surface area contributed by atoms with E-state index in [4.69, 9.17) is 9.47 Å². The largest absolute Gasteiger partial charge is 0.454 e. The molecule has 198 valence electrons. The van der Waals surface area contributed by atoms with Gasteiger partial charge in [-0.25, -0.2) is 4.68 Å². The van der Waals surface area contributed by atoms with Gasteiger partial charge in [0.05, 0.1) is 17.6 Å². The molecule has 0 amide bonds. The van der Waals surface area contributed by atoms with E-state index in [1.165, 1.54) is 30.4 Å². The van der Waals surface area contributed by atoms with Crippen LogP contribution in [0.4, 0.5) is 0 Å². The molecule has 2 aliphatic rings. The van der Waals surface area contributed by atoms with E-state index in [2.05, 4.69) is 68.2 Å². The SMILES string of the molecule is CCC(c1nnnn1C1CCCCC1)N(Cc1ccc(C)cc1)Cc1cc2cc3c(cc2[nH]c1=O)OCO3. The highest BCUT2D eigenvalue weighted by molar-refractivity contribution is 5.83. The monoisotopic (exact) mass is 514 g/mol. The summed E-state index contributed by atoms with van der Waals surface area (Å²) in [5.74, 6) is 2.24. The fourth-order valence-corrected chi connectivity index (χ4v) is 5.79. The molecule has 0 saturated heterocycles. The van der Waals surface area contributed by atoms with Crippen LogP contribution >= 0.6 is 0 Å². The van der Waals surface area contributed by atoms with Crippen LogP contribution in [0.25, 0.3) is 10.9 Å². The van der Waals surface area contributed by atoms with Crippen molar-refractivity contribution in [1.29, 1.82) is 0 Å². The number of hydrogen-bond acceptors (Lipinski definition) is 7. The van der Waals surface area contributed by atoms with Gasteiger partial charge in [0.15, 0.2) is 17.3 Å².